The molecule has 0 radical (unpaired) electrons. The number of halogens is 2. The molecule has 2 heterocycles. The molecule has 1 aromatic heterocycles. The van der Waals surface area contributed by atoms with Crippen molar-refractivity contribution >= 4 is 23.1 Å². The van der Waals surface area contributed by atoms with E-state index >= 15 is 0 Å². The largest absolute Gasteiger partial charge is 0.389 e. The Hall–Kier alpha value is -2.70. The first kappa shape index (κ1) is 23.5. The van der Waals surface area contributed by atoms with E-state index in [0.717, 1.165) is 17.1 Å². The summed E-state index contributed by atoms with van der Waals surface area (Å²) in [4.78, 5) is 14.5. The number of β-amino-alcohol motifs (C(OH)–C–C–N with tert-alkyl or cyclic N) is 1. The molecule has 1 N–H and O–H groups in total. The fourth-order valence-electron chi connectivity index (χ4n) is 3.95. The predicted molar refractivity (Wildman–Crippen MR) is 129 cm³/mol. The molecular formula is C26H29ClFN3O2. The number of ketones is 1. The molecule has 0 aliphatic carbocycles. The van der Waals surface area contributed by atoms with Crippen LogP contribution in [0.2, 0.25) is 5.02 Å². The number of anilines is 1. The zero-order chi connectivity index (χ0) is 23.8. The summed E-state index contributed by atoms with van der Waals surface area (Å²) in [6, 6.07) is 14.4. The Labute approximate surface area is 198 Å². The lowest BCUT2D eigenvalue weighted by Gasteiger charge is -2.38. The Bertz CT molecular complexity index is 1160. The van der Waals surface area contributed by atoms with Crippen LogP contribution in [0.15, 0.2) is 48.5 Å². The van der Waals surface area contributed by atoms with Crippen LogP contribution < -0.4 is 4.90 Å². The van der Waals surface area contributed by atoms with Crippen molar-refractivity contribution in [3.63, 3.8) is 0 Å². The second kappa shape index (κ2) is 9.27. The molecule has 174 valence electrons. The average molecular weight is 470 g/mol. The molecule has 4 rings (SSSR count). The van der Waals surface area contributed by atoms with Crippen molar-refractivity contribution in [2.24, 2.45) is 0 Å². The number of aromatic nitrogens is 2. The van der Waals surface area contributed by atoms with Crippen molar-refractivity contribution in [1.29, 1.82) is 0 Å². The van der Waals surface area contributed by atoms with E-state index in [2.05, 4.69) is 20.8 Å². The second-order valence-electron chi connectivity index (χ2n) is 9.72. The first-order valence-corrected chi connectivity index (χ1v) is 11.6. The van der Waals surface area contributed by atoms with Gasteiger partial charge in [-0.2, -0.15) is 5.10 Å². The van der Waals surface area contributed by atoms with Gasteiger partial charge in [0.25, 0.3) is 0 Å². The Kier molecular flexibility index (Phi) is 6.59. The summed E-state index contributed by atoms with van der Waals surface area (Å²) in [5.41, 5.74) is 3.73. The van der Waals surface area contributed by atoms with E-state index in [9.17, 15) is 14.3 Å². The number of carbonyl (C=O) groups excluding carboxylic acids is 1. The van der Waals surface area contributed by atoms with E-state index in [1.165, 1.54) is 6.07 Å². The van der Waals surface area contributed by atoms with Crippen molar-refractivity contribution in [2.75, 3.05) is 18.0 Å². The maximum atomic E-state index is 14.5. The Morgan fingerprint density at radius 2 is 1.94 bits per heavy atom. The SMILES string of the molecule is CC(C)(C)c1cc(CCC(=O)Cc2ccc(N3CC(O)C3)c(F)c2)n(-c2cccc(Cl)c2)n1. The summed E-state index contributed by atoms with van der Waals surface area (Å²) in [6.45, 7) is 7.18. The minimum absolute atomic E-state index is 0.0395. The predicted octanol–water partition coefficient (Wildman–Crippen LogP) is 4.89. The van der Waals surface area contributed by atoms with Gasteiger partial charge in [0.2, 0.25) is 0 Å². The zero-order valence-corrected chi connectivity index (χ0v) is 19.9. The van der Waals surface area contributed by atoms with E-state index < -0.39 is 6.10 Å². The molecule has 1 fully saturated rings. The molecule has 1 aliphatic rings. The van der Waals surface area contributed by atoms with Crippen LogP contribution in [0.4, 0.5) is 10.1 Å². The molecule has 1 aliphatic heterocycles. The van der Waals surface area contributed by atoms with Gasteiger partial charge >= 0.3 is 0 Å². The van der Waals surface area contributed by atoms with E-state index in [0.29, 0.717) is 42.2 Å². The molecule has 0 amide bonds. The van der Waals surface area contributed by atoms with Gasteiger partial charge in [-0.3, -0.25) is 4.79 Å². The lowest BCUT2D eigenvalue weighted by atomic mass is 9.92. The molecule has 0 unspecified atom stereocenters. The van der Waals surface area contributed by atoms with Crippen LogP contribution in [0.25, 0.3) is 5.69 Å². The van der Waals surface area contributed by atoms with Gasteiger partial charge in [-0.1, -0.05) is 44.5 Å². The molecule has 0 atom stereocenters. The summed E-state index contributed by atoms with van der Waals surface area (Å²) in [5, 5.41) is 14.8. The highest BCUT2D eigenvalue weighted by Crippen LogP contribution is 2.27. The molecule has 7 heteroatoms. The number of nitrogens with zero attached hydrogens (tertiary/aromatic N) is 3. The lowest BCUT2D eigenvalue weighted by Crippen LogP contribution is -2.51. The van der Waals surface area contributed by atoms with Gasteiger partial charge < -0.3 is 10.0 Å². The van der Waals surface area contributed by atoms with Crippen molar-refractivity contribution < 1.29 is 14.3 Å². The normalized spacial score (nSPS) is 14.4. The first-order valence-electron chi connectivity index (χ1n) is 11.2. The Balaban J connectivity index is 1.46. The fraction of sp³-hybridized carbons (Fsp3) is 0.385. The standard InChI is InChI=1S/C26H29ClFN3O2/c1-26(2,3)25-14-20(31(29-25)19-6-4-5-18(27)13-19)8-9-21(32)11-17-7-10-24(23(28)12-17)30-15-22(33)16-30/h4-7,10,12-14,22,33H,8-9,11,15-16H2,1-3H3. The molecule has 1 saturated heterocycles. The van der Waals surface area contributed by atoms with Gasteiger partial charge in [0.05, 0.1) is 23.2 Å². The number of aryl methyl sites for hydroxylation is 1. The number of benzene rings is 2. The third kappa shape index (κ3) is 5.45. The van der Waals surface area contributed by atoms with Crippen molar-refractivity contribution in [3.05, 3.63) is 76.3 Å². The molecule has 3 aromatic rings. The summed E-state index contributed by atoms with van der Waals surface area (Å²) in [5.74, 6) is -0.321. The minimum Gasteiger partial charge on any atom is -0.389 e. The fourth-order valence-corrected chi connectivity index (χ4v) is 4.13. The Morgan fingerprint density at radius 3 is 2.58 bits per heavy atom. The molecular weight excluding hydrogens is 441 g/mol. The molecule has 0 spiro atoms. The number of hydrogen-bond donors (Lipinski definition) is 1. The average Bonchev–Trinajstić information content (AvgIpc) is 3.15. The van der Waals surface area contributed by atoms with Crippen LogP contribution >= 0.6 is 11.6 Å². The summed E-state index contributed by atoms with van der Waals surface area (Å²) in [7, 11) is 0. The van der Waals surface area contributed by atoms with Crippen LogP contribution in [0.1, 0.15) is 44.1 Å². The minimum atomic E-state index is -0.398. The van der Waals surface area contributed by atoms with Gasteiger partial charge in [-0.05, 0) is 48.4 Å². The van der Waals surface area contributed by atoms with Crippen LogP contribution in [0.5, 0.6) is 0 Å². The molecule has 0 bridgehead atoms. The highest BCUT2D eigenvalue weighted by Gasteiger charge is 2.26. The van der Waals surface area contributed by atoms with Gasteiger partial charge in [0.15, 0.2) is 0 Å². The third-order valence-electron chi connectivity index (χ3n) is 5.88. The second-order valence-corrected chi connectivity index (χ2v) is 10.2. The van der Waals surface area contributed by atoms with Crippen LogP contribution in [-0.2, 0) is 23.1 Å². The van der Waals surface area contributed by atoms with E-state index in [1.807, 2.05) is 35.0 Å². The number of carbonyl (C=O) groups is 1. The van der Waals surface area contributed by atoms with Crippen LogP contribution in [0.3, 0.4) is 0 Å². The zero-order valence-electron chi connectivity index (χ0n) is 19.2. The summed E-state index contributed by atoms with van der Waals surface area (Å²) < 4.78 is 16.3. The monoisotopic (exact) mass is 469 g/mol. The van der Waals surface area contributed by atoms with Crippen LogP contribution in [-0.4, -0.2) is 39.9 Å². The first-order chi connectivity index (χ1) is 15.6. The van der Waals surface area contributed by atoms with Crippen molar-refractivity contribution in [3.8, 4) is 5.69 Å². The van der Waals surface area contributed by atoms with Crippen molar-refractivity contribution in [2.45, 2.75) is 51.6 Å². The molecule has 33 heavy (non-hydrogen) atoms. The van der Waals surface area contributed by atoms with Gasteiger partial charge in [-0.15, -0.1) is 0 Å². The smallest absolute Gasteiger partial charge is 0.146 e. The topological polar surface area (TPSA) is 58.4 Å². The number of Topliss-reactive ketones (excluding diaryl/α,β-unsaturated/α-hetero) is 1. The van der Waals surface area contributed by atoms with Gasteiger partial charge in [0, 0.05) is 42.1 Å². The number of hydrogen-bond acceptors (Lipinski definition) is 4. The van der Waals surface area contributed by atoms with E-state index in [-0.39, 0.29) is 23.4 Å². The molecule has 2 aromatic carbocycles. The Morgan fingerprint density at radius 1 is 1.18 bits per heavy atom. The quantitative estimate of drug-likeness (QED) is 0.535. The third-order valence-corrected chi connectivity index (χ3v) is 6.12. The highest BCUT2D eigenvalue weighted by molar-refractivity contribution is 6.30. The maximum Gasteiger partial charge on any atom is 0.146 e. The van der Waals surface area contributed by atoms with E-state index in [1.54, 1.807) is 17.0 Å². The summed E-state index contributed by atoms with van der Waals surface area (Å²) in [6.07, 6.45) is 0.639. The van der Waals surface area contributed by atoms with E-state index in [4.69, 9.17) is 16.7 Å². The maximum absolute atomic E-state index is 14.5. The molecule has 0 saturated carbocycles. The summed E-state index contributed by atoms with van der Waals surface area (Å²) >= 11 is 6.18. The molecule has 5 nitrogen and oxygen atoms in total. The van der Waals surface area contributed by atoms with Crippen LogP contribution in [0, 0.1) is 5.82 Å². The number of aliphatic hydroxyl groups excluding tert-OH is 1. The number of rotatable bonds is 7. The highest BCUT2D eigenvalue weighted by atomic mass is 35.5. The number of aliphatic hydroxyl groups is 1. The van der Waals surface area contributed by atoms with Crippen molar-refractivity contribution in [1.82, 2.24) is 9.78 Å². The lowest BCUT2D eigenvalue weighted by molar-refractivity contribution is -0.118. The van der Waals surface area contributed by atoms with Gasteiger partial charge in [-0.25, -0.2) is 9.07 Å². The van der Waals surface area contributed by atoms with Gasteiger partial charge in [0.1, 0.15) is 11.6 Å².